The smallest absolute Gasteiger partial charge is 0.193 e. The van der Waals surface area contributed by atoms with Crippen LogP contribution in [0.4, 0.5) is 0 Å². The van der Waals surface area contributed by atoms with Crippen molar-refractivity contribution >= 4 is 11.6 Å². The number of carbonyl (C=O) groups is 2. The van der Waals surface area contributed by atoms with Gasteiger partial charge < -0.3 is 19.3 Å². The number of carbonyl (C=O) groups excluding carboxylic acids is 2. The number of ether oxygens (including phenoxy) is 3. The molecule has 4 unspecified atom stereocenters. The van der Waals surface area contributed by atoms with E-state index in [1.54, 1.807) is 12.2 Å². The molecule has 4 fully saturated rings. The van der Waals surface area contributed by atoms with Gasteiger partial charge in [-0.25, -0.2) is 0 Å². The van der Waals surface area contributed by atoms with Crippen LogP contribution in [0, 0.1) is 28.6 Å². The van der Waals surface area contributed by atoms with Crippen LogP contribution in [0.2, 0.25) is 0 Å². The van der Waals surface area contributed by atoms with Crippen LogP contribution in [-0.4, -0.2) is 54.5 Å². The van der Waals surface area contributed by atoms with Gasteiger partial charge in [0, 0.05) is 23.9 Å². The number of rotatable bonds is 5. The predicted octanol–water partition coefficient (Wildman–Crippen LogP) is 3.37. The van der Waals surface area contributed by atoms with Gasteiger partial charge in [0.1, 0.15) is 6.61 Å². The first-order valence-corrected chi connectivity index (χ1v) is 12.2. The lowest BCUT2D eigenvalue weighted by atomic mass is 9.46. The molecule has 9 atom stereocenters. The first kappa shape index (κ1) is 22.5. The molecule has 5 rings (SSSR count). The number of aliphatic hydroxyl groups is 1. The number of fused-ring (bicyclic) bond motifs is 7. The third kappa shape index (κ3) is 2.79. The lowest BCUT2D eigenvalue weighted by molar-refractivity contribution is -0.200. The maximum atomic E-state index is 13.6. The standard InChI is InChI=1S/C26H36O6/c1-5-6-22-31-21-12-18-17-8-7-15-11-16(27)9-10-24(15,2)23(17)19(28)13-25(18,3)26(21,32-22)20(29)14-30-4/h9-11,17-19,21-23,28H,5-8,12-14H2,1-4H3/t17?,18?,19-,21+,22?,23?,24-,25-,26+/m0/s1. The van der Waals surface area contributed by atoms with Gasteiger partial charge in [-0.15, -0.1) is 0 Å². The summed E-state index contributed by atoms with van der Waals surface area (Å²) in [5, 5.41) is 11.6. The highest BCUT2D eigenvalue weighted by Crippen LogP contribution is 2.69. The maximum absolute atomic E-state index is 13.6. The summed E-state index contributed by atoms with van der Waals surface area (Å²) in [5.41, 5.74) is -0.796. The number of hydrogen-bond acceptors (Lipinski definition) is 6. The molecule has 6 nitrogen and oxygen atoms in total. The summed E-state index contributed by atoms with van der Waals surface area (Å²) in [6.45, 7) is 6.37. The fraction of sp³-hybridized carbons (Fsp3) is 0.769. The molecule has 0 aromatic heterocycles. The summed E-state index contributed by atoms with van der Waals surface area (Å²) in [5.74, 6) is 0.427. The lowest BCUT2D eigenvalue weighted by Gasteiger charge is -2.59. The molecule has 176 valence electrons. The van der Waals surface area contributed by atoms with Crippen molar-refractivity contribution in [3.63, 3.8) is 0 Å². The third-order valence-corrected chi connectivity index (χ3v) is 9.50. The van der Waals surface area contributed by atoms with Crippen LogP contribution >= 0.6 is 0 Å². The molecule has 6 heteroatoms. The van der Waals surface area contributed by atoms with Crippen molar-refractivity contribution in [1.29, 1.82) is 0 Å². The Bertz CT molecular complexity index is 878. The number of Topliss-reactive ketones (excluding diaryl/α,β-unsaturated/α-hetero) is 1. The number of allylic oxidation sites excluding steroid dienone is 4. The topological polar surface area (TPSA) is 82.1 Å². The Labute approximate surface area is 190 Å². The van der Waals surface area contributed by atoms with Gasteiger partial charge in [-0.1, -0.05) is 38.8 Å². The number of hydrogen-bond donors (Lipinski definition) is 1. The van der Waals surface area contributed by atoms with Crippen LogP contribution in [0.3, 0.4) is 0 Å². The second-order valence-electron chi connectivity index (χ2n) is 11.0. The fourth-order valence-corrected chi connectivity index (χ4v) is 8.24. The van der Waals surface area contributed by atoms with Gasteiger partial charge in [-0.3, -0.25) is 9.59 Å². The van der Waals surface area contributed by atoms with E-state index < -0.39 is 17.1 Å². The molecule has 0 spiro atoms. The van der Waals surface area contributed by atoms with E-state index in [4.69, 9.17) is 14.2 Å². The van der Waals surface area contributed by atoms with E-state index in [0.717, 1.165) is 37.7 Å². The molecule has 1 aliphatic heterocycles. The van der Waals surface area contributed by atoms with Gasteiger partial charge in [0.2, 0.25) is 0 Å². The molecule has 32 heavy (non-hydrogen) atoms. The van der Waals surface area contributed by atoms with Gasteiger partial charge in [-0.2, -0.15) is 0 Å². The number of aliphatic hydroxyl groups excluding tert-OH is 1. The largest absolute Gasteiger partial charge is 0.393 e. The van der Waals surface area contributed by atoms with E-state index in [9.17, 15) is 14.7 Å². The van der Waals surface area contributed by atoms with Crippen molar-refractivity contribution in [3.05, 3.63) is 23.8 Å². The zero-order chi connectivity index (χ0) is 22.9. The van der Waals surface area contributed by atoms with Crippen molar-refractivity contribution in [1.82, 2.24) is 0 Å². The maximum Gasteiger partial charge on any atom is 0.193 e. The summed E-state index contributed by atoms with van der Waals surface area (Å²) in [6.07, 6.45) is 8.81. The average molecular weight is 445 g/mol. The van der Waals surface area contributed by atoms with E-state index in [1.807, 2.05) is 6.08 Å². The van der Waals surface area contributed by atoms with E-state index in [-0.39, 0.29) is 53.7 Å². The summed E-state index contributed by atoms with van der Waals surface area (Å²) in [6, 6.07) is 0. The fourth-order valence-electron chi connectivity index (χ4n) is 8.24. The minimum atomic E-state index is -1.07. The first-order valence-electron chi connectivity index (χ1n) is 12.2. The first-order chi connectivity index (χ1) is 15.2. The second kappa shape index (κ2) is 7.59. The summed E-state index contributed by atoms with van der Waals surface area (Å²) in [7, 11) is 1.54. The molecule has 1 saturated heterocycles. The summed E-state index contributed by atoms with van der Waals surface area (Å²) in [4.78, 5) is 25.6. The predicted molar refractivity (Wildman–Crippen MR) is 118 cm³/mol. The van der Waals surface area contributed by atoms with Gasteiger partial charge in [0.15, 0.2) is 23.5 Å². The minimum Gasteiger partial charge on any atom is -0.393 e. The normalized spacial score (nSPS) is 49.2. The van der Waals surface area contributed by atoms with E-state index in [2.05, 4.69) is 20.8 Å². The van der Waals surface area contributed by atoms with Crippen molar-refractivity contribution in [2.45, 2.75) is 83.4 Å². The molecular formula is C26H36O6. The molecule has 1 heterocycles. The Morgan fingerprint density at radius 1 is 1.34 bits per heavy atom. The minimum absolute atomic E-state index is 0.0132. The number of ketones is 2. The summed E-state index contributed by atoms with van der Waals surface area (Å²) >= 11 is 0. The number of methoxy groups -OCH3 is 1. The van der Waals surface area contributed by atoms with Crippen LogP contribution in [-0.2, 0) is 23.8 Å². The molecule has 0 amide bonds. The van der Waals surface area contributed by atoms with Crippen LogP contribution in [0.1, 0.15) is 59.3 Å². The van der Waals surface area contributed by atoms with Crippen LogP contribution in [0.15, 0.2) is 23.8 Å². The molecule has 0 radical (unpaired) electrons. The van der Waals surface area contributed by atoms with Crippen molar-refractivity contribution in [2.24, 2.45) is 28.6 Å². The molecule has 4 aliphatic carbocycles. The molecule has 0 aromatic carbocycles. The molecule has 0 bridgehead atoms. The Morgan fingerprint density at radius 3 is 2.84 bits per heavy atom. The Balaban J connectivity index is 1.55. The molecule has 5 aliphatic rings. The third-order valence-electron chi connectivity index (χ3n) is 9.50. The van der Waals surface area contributed by atoms with Crippen molar-refractivity contribution < 1.29 is 28.9 Å². The monoisotopic (exact) mass is 444 g/mol. The zero-order valence-corrected chi connectivity index (χ0v) is 19.6. The Kier molecular flexibility index (Phi) is 5.32. The van der Waals surface area contributed by atoms with E-state index in [1.165, 1.54) is 7.11 Å². The van der Waals surface area contributed by atoms with Gasteiger partial charge in [-0.05, 0) is 56.1 Å². The van der Waals surface area contributed by atoms with Crippen LogP contribution in [0.25, 0.3) is 0 Å². The highest BCUT2D eigenvalue weighted by atomic mass is 16.7. The molecule has 3 saturated carbocycles. The van der Waals surface area contributed by atoms with Crippen molar-refractivity contribution in [3.8, 4) is 0 Å². The Morgan fingerprint density at radius 2 is 2.12 bits per heavy atom. The van der Waals surface area contributed by atoms with Gasteiger partial charge in [0.05, 0.1) is 12.2 Å². The van der Waals surface area contributed by atoms with Crippen LogP contribution in [0.5, 0.6) is 0 Å². The van der Waals surface area contributed by atoms with Crippen LogP contribution < -0.4 is 0 Å². The van der Waals surface area contributed by atoms with Gasteiger partial charge in [0.25, 0.3) is 0 Å². The summed E-state index contributed by atoms with van der Waals surface area (Å²) < 4.78 is 18.2. The zero-order valence-electron chi connectivity index (χ0n) is 19.6. The quantitative estimate of drug-likeness (QED) is 0.700. The van der Waals surface area contributed by atoms with Crippen molar-refractivity contribution in [2.75, 3.05) is 13.7 Å². The van der Waals surface area contributed by atoms with Gasteiger partial charge >= 0.3 is 0 Å². The second-order valence-corrected chi connectivity index (χ2v) is 11.0. The highest BCUT2D eigenvalue weighted by Gasteiger charge is 2.75. The lowest BCUT2D eigenvalue weighted by Crippen LogP contribution is -2.63. The Hall–Kier alpha value is -1.34. The SMILES string of the molecule is CCCC1O[C@@H]2CC3C4CCC5=CC(=O)C=C[C@]5(C)C4[C@@H](O)C[C@]3(C)[C@]2(C(=O)COC)O1. The highest BCUT2D eigenvalue weighted by molar-refractivity contribution is 6.01. The molecule has 0 aromatic rings. The van der Waals surface area contributed by atoms with E-state index in [0.29, 0.717) is 6.42 Å². The molecule has 1 N–H and O–H groups in total. The van der Waals surface area contributed by atoms with E-state index >= 15 is 0 Å². The average Bonchev–Trinajstić information content (AvgIpc) is 3.21. The molecular weight excluding hydrogens is 408 g/mol.